The van der Waals surface area contributed by atoms with E-state index in [0.717, 1.165) is 29.9 Å². The summed E-state index contributed by atoms with van der Waals surface area (Å²) in [6.07, 6.45) is 4.70. The number of rotatable bonds is 4. The third kappa shape index (κ3) is 3.22. The molecule has 4 nitrogen and oxygen atoms in total. The van der Waals surface area contributed by atoms with Gasteiger partial charge < -0.3 is 9.30 Å². The van der Waals surface area contributed by atoms with Crippen LogP contribution in [0.25, 0.3) is 16.9 Å². The molecule has 118 valence electrons. The summed E-state index contributed by atoms with van der Waals surface area (Å²) in [5, 5.41) is 0.698. The van der Waals surface area contributed by atoms with E-state index >= 15 is 0 Å². The van der Waals surface area contributed by atoms with Crippen LogP contribution in [-0.4, -0.2) is 33.8 Å². The number of aromatic nitrogens is 2. The number of carbonyl (C=O) groups excluding carboxylic acids is 1. The highest BCUT2D eigenvalue weighted by Crippen LogP contribution is 2.21. The average Bonchev–Trinajstić information content (AvgIpc) is 2.98. The van der Waals surface area contributed by atoms with Gasteiger partial charge in [0.2, 0.25) is 0 Å². The molecule has 0 saturated carbocycles. The number of benzene rings is 1. The number of fused-ring (bicyclic) bond motifs is 1. The molecule has 2 heterocycles. The molecule has 0 unspecified atom stereocenters. The molecular weight excluding hydrogens is 310 g/mol. The van der Waals surface area contributed by atoms with Crippen molar-refractivity contribution in [3.8, 4) is 11.3 Å². The van der Waals surface area contributed by atoms with Crippen molar-refractivity contribution in [1.82, 2.24) is 14.3 Å². The van der Waals surface area contributed by atoms with Crippen LogP contribution >= 0.6 is 11.6 Å². The van der Waals surface area contributed by atoms with Crippen molar-refractivity contribution in [3.63, 3.8) is 0 Å². The first-order valence-corrected chi connectivity index (χ1v) is 7.96. The second-order valence-corrected chi connectivity index (χ2v) is 5.98. The van der Waals surface area contributed by atoms with E-state index < -0.39 is 0 Å². The third-order valence-electron chi connectivity index (χ3n) is 3.74. The Balaban J connectivity index is 1.94. The number of hydrogen-bond donors (Lipinski definition) is 0. The van der Waals surface area contributed by atoms with Crippen LogP contribution in [-0.2, 0) is 0 Å². The van der Waals surface area contributed by atoms with Gasteiger partial charge in [0.1, 0.15) is 5.65 Å². The van der Waals surface area contributed by atoms with Crippen molar-refractivity contribution in [2.45, 2.75) is 13.3 Å². The molecule has 5 heteroatoms. The first-order chi connectivity index (χ1) is 11.1. The van der Waals surface area contributed by atoms with Crippen LogP contribution in [0.5, 0.6) is 0 Å². The highest BCUT2D eigenvalue weighted by molar-refractivity contribution is 6.30. The van der Waals surface area contributed by atoms with Crippen molar-refractivity contribution in [1.29, 1.82) is 0 Å². The summed E-state index contributed by atoms with van der Waals surface area (Å²) in [6, 6.07) is 11.2. The zero-order chi connectivity index (χ0) is 16.4. The Morgan fingerprint density at radius 3 is 2.61 bits per heavy atom. The van der Waals surface area contributed by atoms with E-state index in [-0.39, 0.29) is 5.91 Å². The lowest BCUT2D eigenvalue weighted by atomic mass is 10.2. The molecule has 0 radical (unpaired) electrons. The smallest absolute Gasteiger partial charge is 0.255 e. The molecule has 0 saturated heterocycles. The van der Waals surface area contributed by atoms with Gasteiger partial charge in [0.05, 0.1) is 11.3 Å². The highest BCUT2D eigenvalue weighted by atomic mass is 35.5. The Bertz CT molecular complexity index is 839. The van der Waals surface area contributed by atoms with Crippen molar-refractivity contribution >= 4 is 23.2 Å². The van der Waals surface area contributed by atoms with E-state index in [4.69, 9.17) is 11.6 Å². The van der Waals surface area contributed by atoms with Gasteiger partial charge in [-0.25, -0.2) is 4.98 Å². The van der Waals surface area contributed by atoms with Crippen molar-refractivity contribution in [2.75, 3.05) is 13.6 Å². The van der Waals surface area contributed by atoms with Gasteiger partial charge in [0.15, 0.2) is 0 Å². The summed E-state index contributed by atoms with van der Waals surface area (Å²) >= 11 is 5.92. The van der Waals surface area contributed by atoms with Gasteiger partial charge in [-0.15, -0.1) is 0 Å². The maximum Gasteiger partial charge on any atom is 0.255 e. The molecule has 0 fully saturated rings. The molecule has 0 spiro atoms. The lowest BCUT2D eigenvalue weighted by Crippen LogP contribution is -2.27. The van der Waals surface area contributed by atoms with E-state index in [1.165, 1.54) is 0 Å². The third-order valence-corrected chi connectivity index (χ3v) is 4.00. The predicted molar refractivity (Wildman–Crippen MR) is 92.9 cm³/mol. The first-order valence-electron chi connectivity index (χ1n) is 7.58. The van der Waals surface area contributed by atoms with Crippen LogP contribution in [0.1, 0.15) is 23.7 Å². The molecule has 3 rings (SSSR count). The van der Waals surface area contributed by atoms with Crippen LogP contribution in [0.4, 0.5) is 0 Å². The molecule has 23 heavy (non-hydrogen) atoms. The summed E-state index contributed by atoms with van der Waals surface area (Å²) in [5.41, 5.74) is 3.32. The molecule has 0 aliphatic rings. The van der Waals surface area contributed by atoms with Crippen molar-refractivity contribution in [2.24, 2.45) is 0 Å². The molecule has 0 bridgehead atoms. The van der Waals surface area contributed by atoms with Crippen LogP contribution < -0.4 is 0 Å². The Hall–Kier alpha value is -2.33. The first kappa shape index (κ1) is 15.6. The van der Waals surface area contributed by atoms with Gasteiger partial charge in [-0.2, -0.15) is 0 Å². The second kappa shape index (κ2) is 6.42. The monoisotopic (exact) mass is 327 g/mol. The van der Waals surface area contributed by atoms with Crippen molar-refractivity contribution in [3.05, 3.63) is 59.4 Å². The Morgan fingerprint density at radius 1 is 1.17 bits per heavy atom. The maximum atomic E-state index is 12.4. The predicted octanol–water partition coefficient (Wildman–Crippen LogP) is 4.14. The minimum absolute atomic E-state index is 0.0236. The quantitative estimate of drug-likeness (QED) is 0.722. The molecule has 1 aromatic carbocycles. The van der Waals surface area contributed by atoms with Crippen LogP contribution in [0.3, 0.4) is 0 Å². The number of amides is 1. The Labute approximate surface area is 140 Å². The minimum atomic E-state index is 0.0236. The summed E-state index contributed by atoms with van der Waals surface area (Å²) in [4.78, 5) is 18.7. The number of pyridine rings is 1. The lowest BCUT2D eigenvalue weighted by molar-refractivity contribution is 0.0794. The van der Waals surface area contributed by atoms with E-state index in [1.54, 1.807) is 4.90 Å². The number of nitrogens with zero attached hydrogens (tertiary/aromatic N) is 3. The summed E-state index contributed by atoms with van der Waals surface area (Å²) in [5.74, 6) is 0.0236. The van der Waals surface area contributed by atoms with Gasteiger partial charge in [-0.3, -0.25) is 4.79 Å². The van der Waals surface area contributed by atoms with Gasteiger partial charge in [0, 0.05) is 36.6 Å². The number of hydrogen-bond acceptors (Lipinski definition) is 2. The SMILES string of the molecule is CCCN(C)C(=O)c1ccc2nc(-c3ccc(Cl)cc3)cn2c1. The zero-order valence-electron chi connectivity index (χ0n) is 13.2. The second-order valence-electron chi connectivity index (χ2n) is 5.54. The Morgan fingerprint density at radius 2 is 1.91 bits per heavy atom. The highest BCUT2D eigenvalue weighted by Gasteiger charge is 2.12. The topological polar surface area (TPSA) is 37.6 Å². The normalized spacial score (nSPS) is 10.9. The average molecular weight is 328 g/mol. The fourth-order valence-electron chi connectivity index (χ4n) is 2.54. The minimum Gasteiger partial charge on any atom is -0.342 e. The van der Waals surface area contributed by atoms with E-state index in [9.17, 15) is 4.79 Å². The molecule has 1 amide bonds. The molecule has 0 aliphatic heterocycles. The lowest BCUT2D eigenvalue weighted by Gasteiger charge is -2.15. The van der Waals surface area contributed by atoms with Crippen LogP contribution in [0.2, 0.25) is 5.02 Å². The standard InChI is InChI=1S/C18H18ClN3O/c1-3-10-21(2)18(23)14-6-9-17-20-16(12-22(17)11-14)13-4-7-15(19)8-5-13/h4-9,11-12H,3,10H2,1-2H3. The number of halogens is 1. The number of carbonyl (C=O) groups is 1. The van der Waals surface area contributed by atoms with Gasteiger partial charge in [-0.1, -0.05) is 30.7 Å². The summed E-state index contributed by atoms with van der Waals surface area (Å²) in [6.45, 7) is 2.80. The fraction of sp³-hybridized carbons (Fsp3) is 0.222. The van der Waals surface area contributed by atoms with E-state index in [1.807, 2.05) is 60.2 Å². The van der Waals surface area contributed by atoms with E-state index in [2.05, 4.69) is 11.9 Å². The number of imidazole rings is 1. The molecule has 0 aliphatic carbocycles. The molecular formula is C18H18ClN3O. The summed E-state index contributed by atoms with van der Waals surface area (Å²) < 4.78 is 1.89. The van der Waals surface area contributed by atoms with Gasteiger partial charge >= 0.3 is 0 Å². The molecule has 2 aromatic heterocycles. The largest absolute Gasteiger partial charge is 0.342 e. The molecule has 3 aromatic rings. The zero-order valence-corrected chi connectivity index (χ0v) is 13.9. The van der Waals surface area contributed by atoms with E-state index in [0.29, 0.717) is 10.6 Å². The molecule has 0 atom stereocenters. The van der Waals surface area contributed by atoms with Crippen LogP contribution in [0.15, 0.2) is 48.8 Å². The van der Waals surface area contributed by atoms with Gasteiger partial charge in [-0.05, 0) is 30.7 Å². The summed E-state index contributed by atoms with van der Waals surface area (Å²) in [7, 11) is 1.82. The fourth-order valence-corrected chi connectivity index (χ4v) is 2.66. The molecule has 0 N–H and O–H groups in total. The maximum absolute atomic E-state index is 12.4. The van der Waals surface area contributed by atoms with Gasteiger partial charge in [0.25, 0.3) is 5.91 Å². The Kier molecular flexibility index (Phi) is 4.35. The van der Waals surface area contributed by atoms with Crippen molar-refractivity contribution < 1.29 is 4.79 Å². The van der Waals surface area contributed by atoms with Crippen LogP contribution in [0, 0.1) is 0 Å².